The van der Waals surface area contributed by atoms with Crippen LogP contribution in [-0.4, -0.2) is 53.9 Å². The van der Waals surface area contributed by atoms with Gasteiger partial charge in [-0.2, -0.15) is 9.29 Å². The third-order valence-electron chi connectivity index (χ3n) is 6.01. The Kier molecular flexibility index (Phi) is 6.15. The van der Waals surface area contributed by atoms with Crippen LogP contribution in [0.5, 0.6) is 0 Å². The Balaban J connectivity index is 1.45. The van der Waals surface area contributed by atoms with Gasteiger partial charge >= 0.3 is 0 Å². The summed E-state index contributed by atoms with van der Waals surface area (Å²) in [5, 5.41) is 4.00. The lowest BCUT2D eigenvalue weighted by Gasteiger charge is -2.36. The van der Waals surface area contributed by atoms with Crippen molar-refractivity contribution in [2.75, 3.05) is 26.2 Å². The minimum Gasteiger partial charge on any atom is -0.337 e. The van der Waals surface area contributed by atoms with Crippen molar-refractivity contribution in [1.29, 1.82) is 0 Å². The molecule has 7 nitrogen and oxygen atoms in total. The van der Waals surface area contributed by atoms with Gasteiger partial charge in [0.1, 0.15) is 5.82 Å². The number of benzene rings is 2. The molecule has 9 heteroatoms. The number of hydrogen-bond donors (Lipinski definition) is 0. The van der Waals surface area contributed by atoms with Crippen LogP contribution in [0.4, 0.5) is 4.39 Å². The van der Waals surface area contributed by atoms with Crippen LogP contribution >= 0.6 is 0 Å². The molecule has 1 aliphatic heterocycles. The van der Waals surface area contributed by atoms with Gasteiger partial charge in [-0.3, -0.25) is 4.90 Å². The molecule has 0 spiro atoms. The Labute approximate surface area is 187 Å². The number of aryl methyl sites for hydroxylation is 3. The van der Waals surface area contributed by atoms with E-state index in [1.807, 2.05) is 32.9 Å². The molecule has 170 valence electrons. The van der Waals surface area contributed by atoms with Gasteiger partial charge in [0.2, 0.25) is 21.7 Å². The first kappa shape index (κ1) is 22.6. The van der Waals surface area contributed by atoms with Crippen LogP contribution in [-0.2, 0) is 10.0 Å². The smallest absolute Gasteiger partial charge is 0.244 e. The van der Waals surface area contributed by atoms with Gasteiger partial charge in [0.05, 0.1) is 10.9 Å². The number of sulfonamides is 1. The van der Waals surface area contributed by atoms with Gasteiger partial charge in [-0.15, -0.1) is 0 Å². The van der Waals surface area contributed by atoms with E-state index in [0.29, 0.717) is 53.9 Å². The molecule has 32 heavy (non-hydrogen) atoms. The van der Waals surface area contributed by atoms with E-state index >= 15 is 0 Å². The SMILES string of the molecule is Cc1ccc(C)c(S(=O)(=O)N2CCN(C(C)c3nc(-c4ccc(C)c(F)c4)no3)CC2)c1. The van der Waals surface area contributed by atoms with Crippen LogP contribution in [0.2, 0.25) is 0 Å². The molecule has 1 saturated heterocycles. The van der Waals surface area contributed by atoms with E-state index in [2.05, 4.69) is 15.0 Å². The largest absolute Gasteiger partial charge is 0.337 e. The van der Waals surface area contributed by atoms with Crippen molar-refractivity contribution in [2.24, 2.45) is 0 Å². The number of nitrogens with zero attached hydrogens (tertiary/aromatic N) is 4. The standard InChI is InChI=1S/C23H27FN4O3S/c1-15-5-6-17(3)21(13-15)32(29,30)28-11-9-27(10-12-28)18(4)23-25-22(26-31-23)19-8-7-16(2)20(24)14-19/h5-8,13-14,18H,9-12H2,1-4H3. The Morgan fingerprint density at radius 1 is 1.00 bits per heavy atom. The Bertz CT molecular complexity index is 1230. The molecule has 1 fully saturated rings. The van der Waals surface area contributed by atoms with Gasteiger partial charge < -0.3 is 4.52 Å². The van der Waals surface area contributed by atoms with Gasteiger partial charge in [0, 0.05) is 31.7 Å². The van der Waals surface area contributed by atoms with E-state index < -0.39 is 10.0 Å². The lowest BCUT2D eigenvalue weighted by Crippen LogP contribution is -2.49. The summed E-state index contributed by atoms with van der Waals surface area (Å²) >= 11 is 0. The number of halogens is 1. The molecule has 2 aromatic carbocycles. The van der Waals surface area contributed by atoms with Gasteiger partial charge in [-0.25, -0.2) is 12.8 Å². The average Bonchev–Trinajstić information content (AvgIpc) is 3.27. The van der Waals surface area contributed by atoms with E-state index in [-0.39, 0.29) is 11.9 Å². The highest BCUT2D eigenvalue weighted by Gasteiger charge is 2.32. The lowest BCUT2D eigenvalue weighted by atomic mass is 10.1. The predicted octanol–water partition coefficient (Wildman–Crippen LogP) is 3.87. The fourth-order valence-electron chi connectivity index (χ4n) is 3.87. The van der Waals surface area contributed by atoms with E-state index in [4.69, 9.17) is 4.52 Å². The van der Waals surface area contributed by atoms with Crippen molar-refractivity contribution in [2.45, 2.75) is 38.6 Å². The van der Waals surface area contributed by atoms with Crippen molar-refractivity contribution in [3.8, 4) is 11.4 Å². The van der Waals surface area contributed by atoms with Crippen molar-refractivity contribution in [1.82, 2.24) is 19.3 Å². The molecule has 4 rings (SSSR count). The summed E-state index contributed by atoms with van der Waals surface area (Å²) in [6.45, 7) is 9.20. The second-order valence-electron chi connectivity index (χ2n) is 8.31. The summed E-state index contributed by atoms with van der Waals surface area (Å²) in [4.78, 5) is 6.92. The van der Waals surface area contributed by atoms with E-state index in [1.165, 1.54) is 10.4 Å². The summed E-state index contributed by atoms with van der Waals surface area (Å²) in [7, 11) is -3.55. The quantitative estimate of drug-likeness (QED) is 0.578. The monoisotopic (exact) mass is 458 g/mol. The Morgan fingerprint density at radius 3 is 2.38 bits per heavy atom. The van der Waals surface area contributed by atoms with Gasteiger partial charge in [0.15, 0.2) is 0 Å². The molecule has 1 atom stereocenters. The molecule has 0 radical (unpaired) electrons. The molecule has 0 N–H and O–H groups in total. The van der Waals surface area contributed by atoms with Crippen LogP contribution in [0.15, 0.2) is 45.8 Å². The number of hydrogen-bond acceptors (Lipinski definition) is 6. The molecule has 0 saturated carbocycles. The first-order valence-corrected chi connectivity index (χ1v) is 12.0. The molecular formula is C23H27FN4O3S. The molecule has 1 unspecified atom stereocenters. The van der Waals surface area contributed by atoms with Crippen molar-refractivity contribution < 1.29 is 17.3 Å². The van der Waals surface area contributed by atoms with E-state index in [0.717, 1.165) is 11.1 Å². The highest BCUT2D eigenvalue weighted by molar-refractivity contribution is 7.89. The maximum atomic E-state index is 13.9. The summed E-state index contributed by atoms with van der Waals surface area (Å²) in [5.74, 6) is 0.441. The Hall–Kier alpha value is -2.62. The predicted molar refractivity (Wildman–Crippen MR) is 119 cm³/mol. The average molecular weight is 459 g/mol. The second kappa shape index (κ2) is 8.73. The number of aromatic nitrogens is 2. The molecule has 1 aliphatic rings. The minimum absolute atomic E-state index is 0.183. The summed E-state index contributed by atoms with van der Waals surface area (Å²) < 4.78 is 47.2. The van der Waals surface area contributed by atoms with Gasteiger partial charge in [-0.1, -0.05) is 29.4 Å². The molecule has 0 amide bonds. The van der Waals surface area contributed by atoms with Crippen LogP contribution in [0.25, 0.3) is 11.4 Å². The maximum Gasteiger partial charge on any atom is 0.244 e. The fraction of sp³-hybridized carbons (Fsp3) is 0.391. The van der Waals surface area contributed by atoms with Crippen molar-refractivity contribution in [3.05, 3.63) is 64.8 Å². The molecular weight excluding hydrogens is 431 g/mol. The van der Waals surface area contributed by atoms with Crippen LogP contribution in [0, 0.1) is 26.6 Å². The van der Waals surface area contributed by atoms with Gasteiger partial charge in [0.25, 0.3) is 0 Å². The van der Waals surface area contributed by atoms with Gasteiger partial charge in [-0.05, 0) is 56.5 Å². The zero-order chi connectivity index (χ0) is 23.0. The minimum atomic E-state index is -3.55. The third kappa shape index (κ3) is 4.32. The maximum absolute atomic E-state index is 13.9. The normalized spacial score (nSPS) is 16.9. The number of rotatable bonds is 5. The third-order valence-corrected chi connectivity index (χ3v) is 8.05. The zero-order valence-electron chi connectivity index (χ0n) is 18.7. The topological polar surface area (TPSA) is 79.5 Å². The first-order chi connectivity index (χ1) is 15.2. The summed E-state index contributed by atoms with van der Waals surface area (Å²) in [6, 6.07) is 10.1. The molecule has 0 aliphatic carbocycles. The van der Waals surface area contributed by atoms with Crippen molar-refractivity contribution >= 4 is 10.0 Å². The zero-order valence-corrected chi connectivity index (χ0v) is 19.5. The lowest BCUT2D eigenvalue weighted by molar-refractivity contribution is 0.124. The second-order valence-corrected chi connectivity index (χ2v) is 10.2. The molecule has 3 aromatic rings. The van der Waals surface area contributed by atoms with Crippen LogP contribution in [0.1, 0.15) is 35.5 Å². The summed E-state index contributed by atoms with van der Waals surface area (Å²) in [6.07, 6.45) is 0. The van der Waals surface area contributed by atoms with E-state index in [9.17, 15) is 12.8 Å². The number of piperazine rings is 1. The van der Waals surface area contributed by atoms with Crippen LogP contribution < -0.4 is 0 Å². The highest BCUT2D eigenvalue weighted by atomic mass is 32.2. The van der Waals surface area contributed by atoms with Crippen molar-refractivity contribution in [3.63, 3.8) is 0 Å². The fourth-order valence-corrected chi connectivity index (χ4v) is 5.60. The molecule has 0 bridgehead atoms. The summed E-state index contributed by atoms with van der Waals surface area (Å²) in [5.41, 5.74) is 2.78. The molecule has 1 aromatic heterocycles. The first-order valence-electron chi connectivity index (χ1n) is 10.6. The van der Waals surface area contributed by atoms with Crippen LogP contribution in [0.3, 0.4) is 0 Å². The Morgan fingerprint density at radius 2 is 1.69 bits per heavy atom. The highest BCUT2D eigenvalue weighted by Crippen LogP contribution is 2.27. The molecule has 2 heterocycles. The van der Waals surface area contributed by atoms with E-state index in [1.54, 1.807) is 25.1 Å².